The molecule has 1 aromatic heterocycles. The van der Waals surface area contributed by atoms with Crippen LogP contribution in [0.3, 0.4) is 0 Å². The first-order valence-corrected chi connectivity index (χ1v) is 7.02. The molecule has 1 atom stereocenters. The second-order valence-corrected chi connectivity index (χ2v) is 5.77. The molecule has 0 saturated carbocycles. The lowest BCUT2D eigenvalue weighted by molar-refractivity contribution is 0.439. The summed E-state index contributed by atoms with van der Waals surface area (Å²) in [4.78, 5) is 0.980. The maximum Gasteiger partial charge on any atom is 0.194 e. The number of hydrogen-bond donors (Lipinski definition) is 2. The van der Waals surface area contributed by atoms with Crippen molar-refractivity contribution in [2.24, 2.45) is 5.84 Å². The average molecular weight is 351 g/mol. The minimum Gasteiger partial charge on any atom is -0.271 e. The van der Waals surface area contributed by atoms with Crippen molar-refractivity contribution in [3.8, 4) is 0 Å². The van der Waals surface area contributed by atoms with Gasteiger partial charge in [-0.25, -0.2) is 13.2 Å². The summed E-state index contributed by atoms with van der Waals surface area (Å²) in [5, 5.41) is 1.89. The third kappa shape index (κ3) is 3.17. The molecule has 1 unspecified atom stereocenters. The summed E-state index contributed by atoms with van der Waals surface area (Å²) in [5.74, 6) is 1.49. The van der Waals surface area contributed by atoms with Crippen LogP contribution in [0.4, 0.5) is 13.2 Å². The van der Waals surface area contributed by atoms with Crippen molar-refractivity contribution in [3.05, 3.63) is 55.9 Å². The molecule has 0 fully saturated rings. The van der Waals surface area contributed by atoms with Crippen LogP contribution in [0.5, 0.6) is 0 Å². The fourth-order valence-electron chi connectivity index (χ4n) is 1.71. The number of hydrogen-bond acceptors (Lipinski definition) is 3. The fraction of sp³-hybridized carbons (Fsp3) is 0.167. The van der Waals surface area contributed by atoms with Crippen molar-refractivity contribution in [3.63, 3.8) is 0 Å². The van der Waals surface area contributed by atoms with Gasteiger partial charge < -0.3 is 0 Å². The normalized spacial score (nSPS) is 12.7. The molecule has 2 nitrogen and oxygen atoms in total. The van der Waals surface area contributed by atoms with Gasteiger partial charge in [-0.05, 0) is 45.1 Å². The maximum absolute atomic E-state index is 13.2. The van der Waals surface area contributed by atoms with Crippen molar-refractivity contribution in [1.82, 2.24) is 5.43 Å². The highest BCUT2D eigenvalue weighted by atomic mass is 79.9. The van der Waals surface area contributed by atoms with Crippen molar-refractivity contribution >= 4 is 27.3 Å². The molecule has 0 amide bonds. The van der Waals surface area contributed by atoms with Crippen LogP contribution in [0, 0.1) is 17.5 Å². The minimum absolute atomic E-state index is 0.263. The van der Waals surface area contributed by atoms with Crippen LogP contribution in [0.15, 0.2) is 28.1 Å². The van der Waals surface area contributed by atoms with E-state index in [0.717, 1.165) is 21.5 Å². The van der Waals surface area contributed by atoms with Gasteiger partial charge in [0, 0.05) is 15.8 Å². The zero-order valence-corrected chi connectivity index (χ0v) is 12.0. The lowest BCUT2D eigenvalue weighted by Crippen LogP contribution is -2.29. The number of halogens is 4. The van der Waals surface area contributed by atoms with E-state index in [1.54, 1.807) is 0 Å². The lowest BCUT2D eigenvalue weighted by Gasteiger charge is -2.16. The first-order valence-electron chi connectivity index (χ1n) is 5.35. The molecule has 0 aliphatic rings. The van der Waals surface area contributed by atoms with Crippen molar-refractivity contribution < 1.29 is 13.2 Å². The van der Waals surface area contributed by atoms with Crippen molar-refractivity contribution in [2.75, 3.05) is 0 Å². The third-order valence-electron chi connectivity index (χ3n) is 2.69. The SMILES string of the molecule is NNC(Cc1sccc1Br)c1cc(F)c(F)c(F)c1. The monoisotopic (exact) mass is 350 g/mol. The van der Waals surface area contributed by atoms with Gasteiger partial charge in [0.1, 0.15) is 0 Å². The van der Waals surface area contributed by atoms with E-state index >= 15 is 0 Å². The van der Waals surface area contributed by atoms with Gasteiger partial charge in [-0.2, -0.15) is 0 Å². The van der Waals surface area contributed by atoms with Gasteiger partial charge in [0.25, 0.3) is 0 Å². The number of thiophene rings is 1. The molecule has 1 aromatic carbocycles. The van der Waals surface area contributed by atoms with Crippen molar-refractivity contribution in [1.29, 1.82) is 0 Å². The van der Waals surface area contributed by atoms with Gasteiger partial charge in [-0.1, -0.05) is 0 Å². The molecule has 0 bridgehead atoms. The molecule has 0 radical (unpaired) electrons. The molecule has 0 spiro atoms. The summed E-state index contributed by atoms with van der Waals surface area (Å²) in [7, 11) is 0. The Labute approximate surface area is 120 Å². The summed E-state index contributed by atoms with van der Waals surface area (Å²) >= 11 is 4.87. The number of nitrogens with two attached hydrogens (primary N) is 1. The Bertz CT molecular complexity index is 565. The lowest BCUT2D eigenvalue weighted by atomic mass is 10.0. The third-order valence-corrected chi connectivity index (χ3v) is 4.64. The Morgan fingerprint density at radius 2 is 1.89 bits per heavy atom. The second kappa shape index (κ2) is 6.04. The number of hydrazine groups is 1. The summed E-state index contributed by atoms with van der Waals surface area (Å²) in [5.41, 5.74) is 2.75. The zero-order valence-electron chi connectivity index (χ0n) is 9.59. The van der Waals surface area contributed by atoms with Crippen LogP contribution in [-0.2, 0) is 6.42 Å². The van der Waals surface area contributed by atoms with Crippen LogP contribution >= 0.6 is 27.3 Å². The summed E-state index contributed by atoms with van der Waals surface area (Å²) in [6.07, 6.45) is 0.444. The zero-order chi connectivity index (χ0) is 14.0. The van der Waals surface area contributed by atoms with E-state index in [2.05, 4.69) is 21.4 Å². The Hall–Kier alpha value is -0.890. The highest BCUT2D eigenvalue weighted by Gasteiger charge is 2.18. The molecular weight excluding hydrogens is 341 g/mol. The van der Waals surface area contributed by atoms with E-state index in [1.165, 1.54) is 11.3 Å². The molecule has 2 rings (SSSR count). The fourth-order valence-corrected chi connectivity index (χ4v) is 3.27. The van der Waals surface area contributed by atoms with E-state index in [4.69, 9.17) is 5.84 Å². The van der Waals surface area contributed by atoms with E-state index in [9.17, 15) is 13.2 Å². The molecular formula is C12H10BrF3N2S. The van der Waals surface area contributed by atoms with E-state index < -0.39 is 23.5 Å². The molecule has 0 saturated heterocycles. The summed E-state index contributed by atoms with van der Waals surface area (Å²) in [6.45, 7) is 0. The van der Waals surface area contributed by atoms with Crippen LogP contribution in [0.2, 0.25) is 0 Å². The number of benzene rings is 1. The highest BCUT2D eigenvalue weighted by Crippen LogP contribution is 2.29. The molecule has 2 aromatic rings. The standard InChI is InChI=1S/C12H10BrF3N2S/c13-7-1-2-19-11(7)5-10(18-17)6-3-8(14)12(16)9(15)4-6/h1-4,10,18H,5,17H2. The van der Waals surface area contributed by atoms with E-state index in [0.29, 0.717) is 6.42 Å². The topological polar surface area (TPSA) is 38.0 Å². The smallest absolute Gasteiger partial charge is 0.194 e. The van der Waals surface area contributed by atoms with Gasteiger partial charge in [-0.15, -0.1) is 11.3 Å². The number of nitrogens with one attached hydrogen (secondary N) is 1. The van der Waals surface area contributed by atoms with Crippen LogP contribution < -0.4 is 11.3 Å². The molecule has 7 heteroatoms. The average Bonchev–Trinajstić information content (AvgIpc) is 2.78. The van der Waals surface area contributed by atoms with Gasteiger partial charge in [0.15, 0.2) is 17.5 Å². The predicted molar refractivity (Wildman–Crippen MR) is 72.1 cm³/mol. The molecule has 0 aliphatic carbocycles. The van der Waals surface area contributed by atoms with Gasteiger partial charge in [0.2, 0.25) is 0 Å². The Morgan fingerprint density at radius 3 is 2.37 bits per heavy atom. The highest BCUT2D eigenvalue weighted by molar-refractivity contribution is 9.10. The predicted octanol–water partition coefficient (Wildman–Crippen LogP) is 3.68. The first kappa shape index (κ1) is 14.5. The quantitative estimate of drug-likeness (QED) is 0.501. The van der Waals surface area contributed by atoms with Gasteiger partial charge in [0.05, 0.1) is 6.04 Å². The van der Waals surface area contributed by atoms with Crippen molar-refractivity contribution in [2.45, 2.75) is 12.5 Å². The summed E-state index contributed by atoms with van der Waals surface area (Å²) in [6, 6.07) is 3.27. The van der Waals surface area contributed by atoms with Crippen LogP contribution in [0.25, 0.3) is 0 Å². The molecule has 19 heavy (non-hydrogen) atoms. The maximum atomic E-state index is 13.2. The Balaban J connectivity index is 2.30. The van der Waals surface area contributed by atoms with Gasteiger partial charge >= 0.3 is 0 Å². The summed E-state index contributed by atoms with van der Waals surface area (Å²) < 4.78 is 40.2. The first-order chi connectivity index (χ1) is 9.02. The minimum atomic E-state index is -1.48. The van der Waals surface area contributed by atoms with E-state index in [-0.39, 0.29) is 5.56 Å². The molecule has 3 N–H and O–H groups in total. The Kier molecular flexibility index (Phi) is 4.62. The largest absolute Gasteiger partial charge is 0.271 e. The Morgan fingerprint density at radius 1 is 1.26 bits per heavy atom. The van der Waals surface area contributed by atoms with Crippen LogP contribution in [0.1, 0.15) is 16.5 Å². The van der Waals surface area contributed by atoms with Gasteiger partial charge in [-0.3, -0.25) is 11.3 Å². The molecule has 1 heterocycles. The second-order valence-electron chi connectivity index (χ2n) is 3.91. The molecule has 102 valence electrons. The van der Waals surface area contributed by atoms with Crippen LogP contribution in [-0.4, -0.2) is 0 Å². The number of rotatable bonds is 4. The molecule has 0 aliphatic heterocycles. The van der Waals surface area contributed by atoms with E-state index in [1.807, 2.05) is 11.4 Å².